The number of benzene rings is 1. The fourth-order valence-corrected chi connectivity index (χ4v) is 2.77. The molecular formula is C14H12F2N2OS. The summed E-state index contributed by atoms with van der Waals surface area (Å²) in [5.41, 5.74) is 2.19. The zero-order chi connectivity index (χ0) is 14.5. The highest BCUT2D eigenvalue weighted by Gasteiger charge is 2.28. The van der Waals surface area contributed by atoms with Gasteiger partial charge in [-0.1, -0.05) is 0 Å². The van der Waals surface area contributed by atoms with Crippen molar-refractivity contribution in [3.05, 3.63) is 52.0 Å². The number of nitrogens with zero attached hydrogens (tertiary/aromatic N) is 2. The van der Waals surface area contributed by atoms with Crippen LogP contribution in [0.15, 0.2) is 29.1 Å². The molecule has 0 aliphatic rings. The minimum atomic E-state index is -0.718. The predicted octanol–water partition coefficient (Wildman–Crippen LogP) is 3.19. The smallest absolute Gasteiger partial charge is 0.126 e. The molecule has 20 heavy (non-hydrogen) atoms. The van der Waals surface area contributed by atoms with Crippen molar-refractivity contribution in [3.63, 3.8) is 0 Å². The van der Waals surface area contributed by atoms with Crippen LogP contribution < -0.4 is 0 Å². The maximum atomic E-state index is 13.9. The van der Waals surface area contributed by atoms with Gasteiger partial charge >= 0.3 is 0 Å². The molecule has 2 aromatic rings. The Morgan fingerprint density at radius 3 is 2.80 bits per heavy atom. The maximum absolute atomic E-state index is 13.9. The molecule has 1 heterocycles. The van der Waals surface area contributed by atoms with E-state index in [0.717, 1.165) is 18.2 Å². The highest BCUT2D eigenvalue weighted by molar-refractivity contribution is 7.07. The number of aliphatic hydroxyl groups is 1. The summed E-state index contributed by atoms with van der Waals surface area (Å²) in [7, 11) is 0. The van der Waals surface area contributed by atoms with Gasteiger partial charge in [0.2, 0.25) is 0 Å². The lowest BCUT2D eigenvalue weighted by Gasteiger charge is -2.21. The second-order valence-electron chi connectivity index (χ2n) is 4.30. The van der Waals surface area contributed by atoms with Gasteiger partial charge in [-0.05, 0) is 30.2 Å². The lowest BCUT2D eigenvalue weighted by Crippen LogP contribution is -2.14. The summed E-state index contributed by atoms with van der Waals surface area (Å²) in [6.45, 7) is -0.219. The van der Waals surface area contributed by atoms with Crippen LogP contribution >= 0.6 is 11.3 Å². The second-order valence-corrected chi connectivity index (χ2v) is 5.02. The van der Waals surface area contributed by atoms with E-state index in [1.54, 1.807) is 10.9 Å². The minimum absolute atomic E-state index is 0.0959. The highest BCUT2D eigenvalue weighted by atomic mass is 32.1. The summed E-state index contributed by atoms with van der Waals surface area (Å²) < 4.78 is 27.2. The van der Waals surface area contributed by atoms with Gasteiger partial charge in [0.1, 0.15) is 11.6 Å². The van der Waals surface area contributed by atoms with Gasteiger partial charge in [0.15, 0.2) is 0 Å². The van der Waals surface area contributed by atoms with Gasteiger partial charge in [0, 0.05) is 17.9 Å². The Morgan fingerprint density at radius 2 is 2.20 bits per heavy atom. The number of halogens is 2. The van der Waals surface area contributed by atoms with Crippen LogP contribution in [0.2, 0.25) is 0 Å². The summed E-state index contributed by atoms with van der Waals surface area (Å²) in [6, 6.07) is 5.21. The standard InChI is InChI=1S/C14H12F2N2OS/c15-9-1-2-13(16)11(5-9)10(3-4-19)12(6-17)14-7-20-8-18-14/h1-2,5,7-8,10,12,19H,3-4H2/t10-,12+/m1/s1. The molecular weight excluding hydrogens is 282 g/mol. The van der Waals surface area contributed by atoms with Crippen molar-refractivity contribution >= 4 is 11.3 Å². The van der Waals surface area contributed by atoms with Gasteiger partial charge in [-0.3, -0.25) is 0 Å². The lowest BCUT2D eigenvalue weighted by atomic mass is 9.82. The molecule has 3 nitrogen and oxygen atoms in total. The van der Waals surface area contributed by atoms with Crippen LogP contribution in [0.1, 0.15) is 29.5 Å². The van der Waals surface area contributed by atoms with Crippen molar-refractivity contribution in [2.75, 3.05) is 6.61 Å². The monoisotopic (exact) mass is 294 g/mol. The van der Waals surface area contributed by atoms with Crippen LogP contribution in [-0.2, 0) is 0 Å². The van der Waals surface area contributed by atoms with E-state index in [1.165, 1.54) is 11.3 Å². The average molecular weight is 294 g/mol. The zero-order valence-corrected chi connectivity index (χ0v) is 11.3. The summed E-state index contributed by atoms with van der Waals surface area (Å²) in [6.07, 6.45) is 0.163. The van der Waals surface area contributed by atoms with E-state index in [4.69, 9.17) is 5.11 Å². The molecule has 0 fully saturated rings. The van der Waals surface area contributed by atoms with Crippen LogP contribution in [0.4, 0.5) is 8.78 Å². The van der Waals surface area contributed by atoms with Gasteiger partial charge < -0.3 is 5.11 Å². The minimum Gasteiger partial charge on any atom is -0.396 e. The highest BCUT2D eigenvalue weighted by Crippen LogP contribution is 2.36. The van der Waals surface area contributed by atoms with E-state index in [0.29, 0.717) is 5.69 Å². The van der Waals surface area contributed by atoms with Crippen molar-refractivity contribution < 1.29 is 13.9 Å². The molecule has 0 saturated heterocycles. The quantitative estimate of drug-likeness (QED) is 0.921. The van der Waals surface area contributed by atoms with Crippen LogP contribution in [0, 0.1) is 23.0 Å². The first kappa shape index (κ1) is 14.6. The Hall–Kier alpha value is -1.84. The number of aromatic nitrogens is 1. The molecule has 104 valence electrons. The zero-order valence-electron chi connectivity index (χ0n) is 10.5. The Labute approximate surface area is 119 Å². The topological polar surface area (TPSA) is 56.9 Å². The predicted molar refractivity (Wildman–Crippen MR) is 71.3 cm³/mol. The third-order valence-electron chi connectivity index (χ3n) is 3.11. The molecule has 1 aromatic carbocycles. The van der Waals surface area contributed by atoms with Crippen molar-refractivity contribution in [1.29, 1.82) is 5.26 Å². The molecule has 0 unspecified atom stereocenters. The third kappa shape index (κ3) is 3.00. The Kier molecular flexibility index (Phi) is 4.77. The fourth-order valence-electron chi connectivity index (χ4n) is 2.18. The Balaban J connectivity index is 2.45. The van der Waals surface area contributed by atoms with Gasteiger partial charge in [0.25, 0.3) is 0 Å². The van der Waals surface area contributed by atoms with Crippen molar-refractivity contribution in [2.45, 2.75) is 18.3 Å². The van der Waals surface area contributed by atoms with Crippen molar-refractivity contribution in [1.82, 2.24) is 4.98 Å². The fraction of sp³-hybridized carbons (Fsp3) is 0.286. The number of nitriles is 1. The molecule has 2 rings (SSSR count). The third-order valence-corrected chi connectivity index (χ3v) is 3.71. The number of thiazole rings is 1. The molecule has 1 aromatic heterocycles. The van der Waals surface area contributed by atoms with Crippen molar-refractivity contribution in [2.24, 2.45) is 0 Å². The molecule has 6 heteroatoms. The van der Waals surface area contributed by atoms with E-state index >= 15 is 0 Å². The molecule has 2 atom stereocenters. The largest absolute Gasteiger partial charge is 0.396 e. The Bertz CT molecular complexity index is 610. The first-order valence-corrected chi connectivity index (χ1v) is 6.95. The maximum Gasteiger partial charge on any atom is 0.126 e. The van der Waals surface area contributed by atoms with E-state index in [1.807, 2.05) is 0 Å². The lowest BCUT2D eigenvalue weighted by molar-refractivity contribution is 0.270. The normalized spacial score (nSPS) is 13.7. The molecule has 0 saturated carbocycles. The molecule has 0 bridgehead atoms. The van der Waals surface area contributed by atoms with E-state index < -0.39 is 23.5 Å². The first-order valence-electron chi connectivity index (χ1n) is 6.01. The van der Waals surface area contributed by atoms with Crippen LogP contribution in [0.25, 0.3) is 0 Å². The van der Waals surface area contributed by atoms with E-state index in [-0.39, 0.29) is 18.6 Å². The number of aliphatic hydroxyl groups excluding tert-OH is 1. The summed E-state index contributed by atoms with van der Waals surface area (Å²) >= 11 is 1.33. The van der Waals surface area contributed by atoms with Gasteiger partial charge in [-0.25, -0.2) is 13.8 Å². The number of hydrogen-bond acceptors (Lipinski definition) is 4. The summed E-state index contributed by atoms with van der Waals surface area (Å²) in [4.78, 5) is 4.07. The summed E-state index contributed by atoms with van der Waals surface area (Å²) in [5, 5.41) is 20.2. The van der Waals surface area contributed by atoms with Crippen LogP contribution in [-0.4, -0.2) is 16.7 Å². The Morgan fingerprint density at radius 1 is 1.40 bits per heavy atom. The SMILES string of the molecule is N#C[C@H](c1cscn1)[C@H](CCO)c1cc(F)ccc1F. The van der Waals surface area contributed by atoms with Gasteiger partial charge in [0.05, 0.1) is 23.2 Å². The molecule has 1 N–H and O–H groups in total. The second kappa shape index (κ2) is 6.55. The number of rotatable bonds is 5. The molecule has 0 amide bonds. The molecule has 0 spiro atoms. The van der Waals surface area contributed by atoms with Gasteiger partial charge in [-0.2, -0.15) is 5.26 Å². The van der Waals surface area contributed by atoms with E-state index in [2.05, 4.69) is 11.1 Å². The molecule has 0 radical (unpaired) electrons. The molecule has 0 aliphatic carbocycles. The van der Waals surface area contributed by atoms with Crippen LogP contribution in [0.5, 0.6) is 0 Å². The average Bonchev–Trinajstić information content (AvgIpc) is 2.95. The van der Waals surface area contributed by atoms with E-state index in [9.17, 15) is 14.0 Å². The van der Waals surface area contributed by atoms with Gasteiger partial charge in [-0.15, -0.1) is 11.3 Å². The molecule has 0 aliphatic heterocycles. The summed E-state index contributed by atoms with van der Waals surface area (Å²) in [5.74, 6) is -2.51. The number of hydrogen-bond donors (Lipinski definition) is 1. The van der Waals surface area contributed by atoms with Crippen molar-refractivity contribution in [3.8, 4) is 6.07 Å². The first-order chi connectivity index (χ1) is 9.67. The van der Waals surface area contributed by atoms with Crippen LogP contribution in [0.3, 0.4) is 0 Å².